The SMILES string of the molecule is COc1c(N2CCC(N(C)C)C2)sc(C(=O)C(C)C)c1N. The molecule has 1 atom stereocenters. The van der Waals surface area contributed by atoms with E-state index in [9.17, 15) is 4.79 Å². The van der Waals surface area contributed by atoms with Crippen LogP contribution in [0.4, 0.5) is 10.7 Å². The summed E-state index contributed by atoms with van der Waals surface area (Å²) in [5, 5.41) is 0.989. The fourth-order valence-corrected chi connectivity index (χ4v) is 3.93. The highest BCUT2D eigenvalue weighted by Crippen LogP contribution is 2.46. The molecule has 0 spiro atoms. The molecule has 0 aliphatic carbocycles. The summed E-state index contributed by atoms with van der Waals surface area (Å²) >= 11 is 1.47. The molecular weight excluding hydrogens is 286 g/mol. The molecule has 2 rings (SSSR count). The summed E-state index contributed by atoms with van der Waals surface area (Å²) in [6.07, 6.45) is 1.11. The van der Waals surface area contributed by atoms with Crippen molar-refractivity contribution in [1.29, 1.82) is 0 Å². The van der Waals surface area contributed by atoms with Crippen LogP contribution in [0, 0.1) is 5.92 Å². The average molecular weight is 311 g/mol. The Morgan fingerprint density at radius 2 is 2.14 bits per heavy atom. The number of ketones is 1. The van der Waals surface area contributed by atoms with Crippen molar-refractivity contribution in [2.45, 2.75) is 26.3 Å². The van der Waals surface area contributed by atoms with Gasteiger partial charge < -0.3 is 20.3 Å². The number of hydrogen-bond acceptors (Lipinski definition) is 6. The molecule has 5 nitrogen and oxygen atoms in total. The van der Waals surface area contributed by atoms with Gasteiger partial charge in [-0.1, -0.05) is 13.8 Å². The van der Waals surface area contributed by atoms with Crippen molar-refractivity contribution < 1.29 is 9.53 Å². The summed E-state index contributed by atoms with van der Waals surface area (Å²) in [6.45, 7) is 5.70. The number of ether oxygens (including phenoxy) is 1. The predicted octanol–water partition coefficient (Wildman–Crippen LogP) is 2.32. The summed E-state index contributed by atoms with van der Waals surface area (Å²) < 4.78 is 5.47. The zero-order chi connectivity index (χ0) is 15.7. The van der Waals surface area contributed by atoms with Crippen molar-refractivity contribution in [2.24, 2.45) is 5.92 Å². The molecule has 1 aromatic rings. The summed E-state index contributed by atoms with van der Waals surface area (Å²) in [6, 6.07) is 0.530. The summed E-state index contributed by atoms with van der Waals surface area (Å²) in [4.78, 5) is 17.4. The lowest BCUT2D eigenvalue weighted by atomic mass is 10.1. The molecule has 1 saturated heterocycles. The van der Waals surface area contributed by atoms with Crippen molar-refractivity contribution in [3.8, 4) is 5.75 Å². The molecule has 0 radical (unpaired) electrons. The minimum absolute atomic E-state index is 0.0587. The van der Waals surface area contributed by atoms with E-state index in [2.05, 4.69) is 23.9 Å². The van der Waals surface area contributed by atoms with E-state index in [1.54, 1.807) is 7.11 Å². The maximum atomic E-state index is 12.3. The molecule has 2 N–H and O–H groups in total. The second-order valence-electron chi connectivity index (χ2n) is 6.05. The van der Waals surface area contributed by atoms with Gasteiger partial charge in [-0.05, 0) is 20.5 Å². The third-order valence-electron chi connectivity index (χ3n) is 4.02. The van der Waals surface area contributed by atoms with Gasteiger partial charge in [-0.3, -0.25) is 4.79 Å². The second-order valence-corrected chi connectivity index (χ2v) is 7.05. The molecule has 21 heavy (non-hydrogen) atoms. The molecule has 0 saturated carbocycles. The number of nitrogens with zero attached hydrogens (tertiary/aromatic N) is 2. The van der Waals surface area contributed by atoms with Crippen molar-refractivity contribution in [3.63, 3.8) is 0 Å². The van der Waals surface area contributed by atoms with Gasteiger partial charge in [0, 0.05) is 25.0 Å². The standard InChI is InChI=1S/C15H25N3O2S/c1-9(2)12(19)14-11(16)13(20-5)15(21-14)18-7-6-10(8-18)17(3)4/h9-10H,6-8,16H2,1-5H3. The smallest absolute Gasteiger partial charge is 0.177 e. The number of nitrogen functional groups attached to an aromatic ring is 1. The number of methoxy groups -OCH3 is 1. The Labute approximate surface area is 130 Å². The summed E-state index contributed by atoms with van der Waals surface area (Å²) in [5.41, 5.74) is 6.63. The number of anilines is 2. The molecule has 118 valence electrons. The zero-order valence-electron chi connectivity index (χ0n) is 13.5. The van der Waals surface area contributed by atoms with E-state index in [1.165, 1.54) is 11.3 Å². The summed E-state index contributed by atoms with van der Waals surface area (Å²) in [5.74, 6) is 0.686. The first kappa shape index (κ1) is 16.1. The highest BCUT2D eigenvalue weighted by Gasteiger charge is 2.31. The molecule has 1 aromatic heterocycles. The lowest BCUT2D eigenvalue weighted by molar-refractivity contribution is 0.0944. The second kappa shape index (κ2) is 6.23. The number of carbonyl (C=O) groups excluding carboxylic acids is 1. The Bertz CT molecular complexity index is 525. The van der Waals surface area contributed by atoms with Gasteiger partial charge in [0.1, 0.15) is 5.00 Å². The Balaban J connectivity index is 2.32. The number of carbonyl (C=O) groups is 1. The topological polar surface area (TPSA) is 58.8 Å². The van der Waals surface area contributed by atoms with Crippen LogP contribution in [-0.2, 0) is 0 Å². The van der Waals surface area contributed by atoms with Crippen LogP contribution in [0.2, 0.25) is 0 Å². The quantitative estimate of drug-likeness (QED) is 0.846. The van der Waals surface area contributed by atoms with Crippen molar-refractivity contribution in [3.05, 3.63) is 4.88 Å². The molecule has 0 amide bonds. The fraction of sp³-hybridized carbons (Fsp3) is 0.667. The van der Waals surface area contributed by atoms with Crippen LogP contribution >= 0.6 is 11.3 Å². The van der Waals surface area contributed by atoms with E-state index in [0.717, 1.165) is 24.5 Å². The molecule has 0 bridgehead atoms. The first-order chi connectivity index (χ1) is 9.86. The fourth-order valence-electron chi connectivity index (χ4n) is 2.61. The number of nitrogens with two attached hydrogens (primary N) is 1. The van der Waals surface area contributed by atoms with Gasteiger partial charge in [-0.15, -0.1) is 11.3 Å². The van der Waals surface area contributed by atoms with Gasteiger partial charge in [0.25, 0.3) is 0 Å². The maximum absolute atomic E-state index is 12.3. The lowest BCUT2D eigenvalue weighted by Crippen LogP contribution is -2.31. The minimum atomic E-state index is -0.0587. The Morgan fingerprint density at radius 3 is 2.62 bits per heavy atom. The number of thiophene rings is 1. The zero-order valence-corrected chi connectivity index (χ0v) is 14.3. The highest BCUT2D eigenvalue weighted by atomic mass is 32.1. The molecule has 1 fully saturated rings. The van der Waals surface area contributed by atoms with E-state index in [4.69, 9.17) is 10.5 Å². The van der Waals surface area contributed by atoms with E-state index in [1.807, 2.05) is 13.8 Å². The first-order valence-corrected chi connectivity index (χ1v) is 8.10. The molecular formula is C15H25N3O2S. The van der Waals surface area contributed by atoms with Crippen molar-refractivity contribution in [1.82, 2.24) is 4.90 Å². The monoisotopic (exact) mass is 311 g/mol. The van der Waals surface area contributed by atoms with Gasteiger partial charge in [0.2, 0.25) is 0 Å². The third kappa shape index (κ3) is 3.01. The van der Waals surface area contributed by atoms with E-state index >= 15 is 0 Å². The molecule has 1 unspecified atom stereocenters. The van der Waals surface area contributed by atoms with Crippen molar-refractivity contribution in [2.75, 3.05) is 44.9 Å². The highest BCUT2D eigenvalue weighted by molar-refractivity contribution is 7.19. The maximum Gasteiger partial charge on any atom is 0.177 e. The largest absolute Gasteiger partial charge is 0.492 e. The number of Topliss-reactive ketones (excluding diaryl/α,β-unsaturated/α-hetero) is 1. The van der Waals surface area contributed by atoms with Crippen LogP contribution < -0.4 is 15.4 Å². The van der Waals surface area contributed by atoms with Crippen LogP contribution in [0.1, 0.15) is 29.9 Å². The van der Waals surface area contributed by atoms with Gasteiger partial charge in [0.15, 0.2) is 11.5 Å². The lowest BCUT2D eigenvalue weighted by Gasteiger charge is -2.21. The average Bonchev–Trinajstić information content (AvgIpc) is 3.02. The first-order valence-electron chi connectivity index (χ1n) is 7.28. The molecule has 0 aromatic carbocycles. The van der Waals surface area contributed by atoms with Crippen LogP contribution in [0.3, 0.4) is 0 Å². The van der Waals surface area contributed by atoms with Crippen LogP contribution in [0.5, 0.6) is 5.75 Å². The number of rotatable bonds is 5. The number of likely N-dealkylation sites (N-methyl/N-ethyl adjacent to an activating group) is 1. The Kier molecular flexibility index (Phi) is 4.78. The minimum Gasteiger partial charge on any atom is -0.492 e. The van der Waals surface area contributed by atoms with E-state index in [0.29, 0.717) is 22.4 Å². The van der Waals surface area contributed by atoms with Crippen LogP contribution in [0.15, 0.2) is 0 Å². The number of hydrogen-bond donors (Lipinski definition) is 1. The van der Waals surface area contributed by atoms with Crippen LogP contribution in [-0.4, -0.2) is 51.0 Å². The van der Waals surface area contributed by atoms with Crippen LogP contribution in [0.25, 0.3) is 0 Å². The Morgan fingerprint density at radius 1 is 1.48 bits per heavy atom. The normalized spacial score (nSPS) is 18.8. The molecule has 6 heteroatoms. The van der Waals surface area contributed by atoms with Gasteiger partial charge in [-0.25, -0.2) is 0 Å². The van der Waals surface area contributed by atoms with Gasteiger partial charge in [0.05, 0.1) is 17.7 Å². The Hall–Kier alpha value is -1.27. The van der Waals surface area contributed by atoms with E-state index in [-0.39, 0.29) is 11.7 Å². The van der Waals surface area contributed by atoms with Gasteiger partial charge in [-0.2, -0.15) is 0 Å². The molecule has 1 aliphatic rings. The molecule has 2 heterocycles. The van der Waals surface area contributed by atoms with Gasteiger partial charge >= 0.3 is 0 Å². The van der Waals surface area contributed by atoms with Crippen molar-refractivity contribution >= 4 is 27.8 Å². The third-order valence-corrected chi connectivity index (χ3v) is 5.28. The summed E-state index contributed by atoms with van der Waals surface area (Å²) in [7, 11) is 5.81. The molecule has 1 aliphatic heterocycles. The van der Waals surface area contributed by atoms with E-state index < -0.39 is 0 Å². The predicted molar refractivity (Wildman–Crippen MR) is 88.8 cm³/mol.